The number of carboxylic acid groups (broad SMARTS) is 2. The van der Waals surface area contributed by atoms with E-state index in [0.29, 0.717) is 11.0 Å². The van der Waals surface area contributed by atoms with Crippen molar-refractivity contribution in [2.24, 2.45) is 0 Å². The van der Waals surface area contributed by atoms with Gasteiger partial charge in [-0.3, -0.25) is 9.88 Å². The summed E-state index contributed by atoms with van der Waals surface area (Å²) >= 11 is 0. The topological polar surface area (TPSA) is 104 Å². The molecule has 2 N–H and O–H groups in total. The number of carbonyl (C=O) groups is 2. The van der Waals surface area contributed by atoms with Gasteiger partial charge in [0, 0.05) is 36.5 Å². The fourth-order valence-electron chi connectivity index (χ4n) is 4.66. The van der Waals surface area contributed by atoms with Gasteiger partial charge >= 0.3 is 11.9 Å². The van der Waals surface area contributed by atoms with E-state index in [1.165, 1.54) is 23.8 Å². The first-order valence-electron chi connectivity index (χ1n) is 12.5. The van der Waals surface area contributed by atoms with E-state index in [1.54, 1.807) is 12.3 Å². The summed E-state index contributed by atoms with van der Waals surface area (Å²) in [6.07, 6.45) is 8.31. The molecule has 4 aromatic rings. The first kappa shape index (κ1) is 27.7. The predicted molar refractivity (Wildman–Crippen MR) is 142 cm³/mol. The number of halogens is 2. The van der Waals surface area contributed by atoms with E-state index < -0.39 is 11.9 Å². The molecule has 1 aliphatic rings. The Bertz CT molecular complexity index is 1440. The van der Waals surface area contributed by atoms with E-state index in [2.05, 4.69) is 22.0 Å². The van der Waals surface area contributed by atoms with Gasteiger partial charge in [-0.2, -0.15) is 0 Å². The number of pyridine rings is 1. The highest BCUT2D eigenvalue weighted by atomic mass is 19.1. The van der Waals surface area contributed by atoms with Crippen molar-refractivity contribution in [3.05, 3.63) is 108 Å². The van der Waals surface area contributed by atoms with Gasteiger partial charge < -0.3 is 14.6 Å². The van der Waals surface area contributed by atoms with E-state index >= 15 is 0 Å². The second-order valence-electron chi connectivity index (χ2n) is 9.22. The Labute approximate surface area is 224 Å². The summed E-state index contributed by atoms with van der Waals surface area (Å²) in [6, 6.07) is 17.8. The molecule has 2 aromatic carbocycles. The Kier molecular flexibility index (Phi) is 9.17. The number of nitrogens with zero attached hydrogens (tertiary/aromatic N) is 2. The normalized spacial score (nSPS) is 14.3. The molecule has 0 bridgehead atoms. The molecular formula is C30H28F2N2O5. The minimum Gasteiger partial charge on any atom is -0.473 e. The molecule has 5 rings (SSSR count). The van der Waals surface area contributed by atoms with Crippen LogP contribution < -0.4 is 0 Å². The van der Waals surface area contributed by atoms with E-state index in [1.807, 2.05) is 36.5 Å². The van der Waals surface area contributed by atoms with Crippen molar-refractivity contribution in [1.29, 1.82) is 0 Å². The zero-order valence-electron chi connectivity index (χ0n) is 21.1. The monoisotopic (exact) mass is 534 g/mol. The Morgan fingerprint density at radius 1 is 1.00 bits per heavy atom. The van der Waals surface area contributed by atoms with Gasteiger partial charge in [0.25, 0.3) is 0 Å². The van der Waals surface area contributed by atoms with Crippen molar-refractivity contribution in [1.82, 2.24) is 9.88 Å². The van der Waals surface area contributed by atoms with E-state index in [0.717, 1.165) is 55.7 Å². The van der Waals surface area contributed by atoms with Gasteiger partial charge in [0.2, 0.25) is 0 Å². The van der Waals surface area contributed by atoms with Crippen LogP contribution in [-0.4, -0.2) is 51.7 Å². The molecule has 0 radical (unpaired) electrons. The molecule has 2 aromatic heterocycles. The van der Waals surface area contributed by atoms with Crippen molar-refractivity contribution in [3.8, 4) is 0 Å². The van der Waals surface area contributed by atoms with Crippen LogP contribution in [0.15, 0.2) is 83.6 Å². The number of furan rings is 1. The molecule has 0 amide bonds. The lowest BCUT2D eigenvalue weighted by Gasteiger charge is -2.28. The number of hydrogen-bond donors (Lipinski definition) is 2. The number of hydrogen-bond acceptors (Lipinski definition) is 5. The number of aliphatic carboxylic acids is 2. The second kappa shape index (κ2) is 12.9. The highest BCUT2D eigenvalue weighted by molar-refractivity contribution is 6.27. The van der Waals surface area contributed by atoms with E-state index in [4.69, 9.17) is 24.2 Å². The third-order valence-electron chi connectivity index (χ3n) is 6.68. The smallest absolute Gasteiger partial charge is 0.414 e. The van der Waals surface area contributed by atoms with E-state index in [9.17, 15) is 8.78 Å². The molecule has 0 fully saturated rings. The van der Waals surface area contributed by atoms with Gasteiger partial charge in [-0.1, -0.05) is 24.3 Å². The van der Waals surface area contributed by atoms with Crippen LogP contribution in [0.5, 0.6) is 0 Å². The van der Waals surface area contributed by atoms with Crippen LogP contribution >= 0.6 is 0 Å². The van der Waals surface area contributed by atoms with Gasteiger partial charge in [0.05, 0.1) is 11.6 Å². The summed E-state index contributed by atoms with van der Waals surface area (Å²) < 4.78 is 32.9. The van der Waals surface area contributed by atoms with Crippen molar-refractivity contribution in [2.45, 2.75) is 25.2 Å². The molecule has 7 nitrogen and oxygen atoms in total. The van der Waals surface area contributed by atoms with Crippen molar-refractivity contribution < 1.29 is 33.0 Å². The molecule has 1 atom stereocenters. The highest BCUT2D eigenvalue weighted by Crippen LogP contribution is 2.32. The van der Waals surface area contributed by atoms with Crippen LogP contribution in [0.1, 0.15) is 35.6 Å². The summed E-state index contributed by atoms with van der Waals surface area (Å²) in [5, 5.41) is 15.3. The summed E-state index contributed by atoms with van der Waals surface area (Å²) in [5.41, 5.74) is 5.01. The molecule has 39 heavy (non-hydrogen) atoms. The quantitative estimate of drug-likeness (QED) is 0.290. The number of carboxylic acids is 2. The standard InChI is InChI=1S/C28H26F2N2O.C2H2O4/c29-23-6-4-20(5-7-23)19-22(27-3-1-2-14-31-27)12-17-32-15-10-21(11-16-32)24-8-9-26(30)25-13-18-33-28(24)25;3-1(4)2(5)6/h1-10,13-14,18,22H,11-12,15-17,19H2;(H,3,4)(H,5,6). The second-order valence-corrected chi connectivity index (χ2v) is 9.22. The average Bonchev–Trinajstić information content (AvgIpc) is 3.45. The van der Waals surface area contributed by atoms with E-state index in [-0.39, 0.29) is 17.6 Å². The fourth-order valence-corrected chi connectivity index (χ4v) is 4.66. The summed E-state index contributed by atoms with van der Waals surface area (Å²) in [5.74, 6) is -3.84. The lowest BCUT2D eigenvalue weighted by molar-refractivity contribution is -0.159. The maximum Gasteiger partial charge on any atom is 0.414 e. The van der Waals surface area contributed by atoms with Crippen LogP contribution in [0.2, 0.25) is 0 Å². The van der Waals surface area contributed by atoms with Crippen molar-refractivity contribution >= 4 is 28.5 Å². The largest absolute Gasteiger partial charge is 0.473 e. The van der Waals surface area contributed by atoms with Gasteiger partial charge in [-0.15, -0.1) is 0 Å². The number of fused-ring (bicyclic) bond motifs is 1. The number of rotatable bonds is 7. The first-order valence-corrected chi connectivity index (χ1v) is 12.5. The van der Waals surface area contributed by atoms with Crippen LogP contribution in [0.4, 0.5) is 8.78 Å². The van der Waals surface area contributed by atoms with Crippen molar-refractivity contribution in [3.63, 3.8) is 0 Å². The molecule has 0 spiro atoms. The SMILES string of the molecule is Fc1ccc(CC(CCN2CC=C(c3ccc(F)c4ccoc34)CC2)c2ccccn2)cc1.O=C(O)C(=O)O. The van der Waals surface area contributed by atoms with Gasteiger partial charge in [-0.25, -0.2) is 18.4 Å². The maximum atomic E-state index is 14.0. The molecule has 202 valence electrons. The molecule has 1 unspecified atom stereocenters. The van der Waals surface area contributed by atoms with Crippen LogP contribution in [-0.2, 0) is 16.0 Å². The molecule has 3 heterocycles. The Morgan fingerprint density at radius 2 is 1.77 bits per heavy atom. The van der Waals surface area contributed by atoms with Gasteiger partial charge in [0.1, 0.15) is 17.2 Å². The fraction of sp³-hybridized carbons (Fsp3) is 0.233. The molecule has 0 saturated carbocycles. The molecular weight excluding hydrogens is 506 g/mol. The number of aromatic nitrogens is 1. The van der Waals surface area contributed by atoms with Gasteiger partial charge in [0.15, 0.2) is 0 Å². The lowest BCUT2D eigenvalue weighted by atomic mass is 9.92. The lowest BCUT2D eigenvalue weighted by Crippen LogP contribution is -2.30. The zero-order chi connectivity index (χ0) is 27.8. The summed E-state index contributed by atoms with van der Waals surface area (Å²) in [4.78, 5) is 25.2. The molecule has 0 aliphatic carbocycles. The predicted octanol–water partition coefficient (Wildman–Crippen LogP) is 5.77. The summed E-state index contributed by atoms with van der Waals surface area (Å²) in [7, 11) is 0. The Balaban J connectivity index is 0.000000531. The Morgan fingerprint density at radius 3 is 2.41 bits per heavy atom. The minimum atomic E-state index is -1.82. The van der Waals surface area contributed by atoms with Crippen LogP contribution in [0.3, 0.4) is 0 Å². The average molecular weight is 535 g/mol. The minimum absolute atomic E-state index is 0.211. The first-order chi connectivity index (χ1) is 18.8. The molecule has 1 aliphatic heterocycles. The van der Waals surface area contributed by atoms with Crippen molar-refractivity contribution in [2.75, 3.05) is 19.6 Å². The third-order valence-corrected chi connectivity index (χ3v) is 6.68. The molecule has 9 heteroatoms. The Hall–Kier alpha value is -4.37. The third kappa shape index (κ3) is 7.36. The highest BCUT2D eigenvalue weighted by Gasteiger charge is 2.20. The maximum absolute atomic E-state index is 14.0. The number of benzene rings is 2. The van der Waals surface area contributed by atoms with Crippen LogP contribution in [0.25, 0.3) is 16.5 Å². The van der Waals surface area contributed by atoms with Gasteiger partial charge in [-0.05, 0) is 79.4 Å². The summed E-state index contributed by atoms with van der Waals surface area (Å²) in [6.45, 7) is 2.74. The van der Waals surface area contributed by atoms with Crippen LogP contribution in [0, 0.1) is 11.6 Å². The molecule has 0 saturated heterocycles. The zero-order valence-corrected chi connectivity index (χ0v) is 21.1.